The van der Waals surface area contributed by atoms with Crippen molar-refractivity contribution in [2.45, 2.75) is 29.3 Å². The first-order valence-electron chi connectivity index (χ1n) is 2.78. The third-order valence-corrected chi connectivity index (χ3v) is 2.47. The first-order chi connectivity index (χ1) is 4.13. The molecule has 54 valence electrons. The van der Waals surface area contributed by atoms with Gasteiger partial charge in [-0.2, -0.15) is 0 Å². The number of alkyl halides is 1. The maximum Gasteiger partial charge on any atom is 0.137 e. The van der Waals surface area contributed by atoms with Gasteiger partial charge in [0, 0.05) is 0 Å². The third-order valence-electron chi connectivity index (χ3n) is 1.44. The van der Waals surface area contributed by atoms with Crippen LogP contribution >= 0.6 is 22.6 Å². The molecule has 0 amide bonds. The Bertz CT molecular complexity index is 96.4. The van der Waals surface area contributed by atoms with Crippen molar-refractivity contribution in [3.8, 4) is 0 Å². The van der Waals surface area contributed by atoms with E-state index in [9.17, 15) is 0 Å². The second-order valence-electron chi connectivity index (χ2n) is 2.17. The Morgan fingerprint density at radius 3 is 2.00 bits per heavy atom. The first-order valence-corrected chi connectivity index (χ1v) is 4.03. The fourth-order valence-electron chi connectivity index (χ4n) is 0.799. The lowest BCUT2D eigenvalue weighted by Crippen LogP contribution is -2.29. The van der Waals surface area contributed by atoms with Gasteiger partial charge >= 0.3 is 0 Å². The Hall–Kier alpha value is 0.610. The minimum Gasteiger partial charge on any atom is -0.388 e. The predicted molar refractivity (Wildman–Crippen MR) is 40.4 cm³/mol. The molecule has 9 heavy (non-hydrogen) atoms. The number of ether oxygens (including phenoxy) is 1. The topological polar surface area (TPSA) is 49.7 Å². The van der Waals surface area contributed by atoms with Crippen molar-refractivity contribution in [1.29, 1.82) is 0 Å². The van der Waals surface area contributed by atoms with Crippen LogP contribution in [0.15, 0.2) is 0 Å². The number of hydrogen-bond donors (Lipinski definition) is 2. The highest BCUT2D eigenvalue weighted by atomic mass is 127. The van der Waals surface area contributed by atoms with Crippen LogP contribution in [0.25, 0.3) is 0 Å². The van der Waals surface area contributed by atoms with Crippen LogP contribution in [0.4, 0.5) is 0 Å². The number of aliphatic hydroxyl groups is 2. The van der Waals surface area contributed by atoms with E-state index in [-0.39, 0.29) is 10.2 Å². The molecular weight excluding hydrogens is 235 g/mol. The molecule has 0 aromatic carbocycles. The zero-order chi connectivity index (χ0) is 7.02. The Morgan fingerprint density at radius 2 is 1.89 bits per heavy atom. The van der Waals surface area contributed by atoms with Gasteiger partial charge in [-0.25, -0.2) is 0 Å². The van der Waals surface area contributed by atoms with Crippen molar-refractivity contribution in [3.05, 3.63) is 0 Å². The molecule has 0 spiro atoms. The van der Waals surface area contributed by atoms with Crippen LogP contribution in [-0.4, -0.2) is 32.6 Å². The Labute approximate surface area is 67.2 Å². The van der Waals surface area contributed by atoms with E-state index in [0.717, 1.165) is 0 Å². The molecule has 1 saturated heterocycles. The van der Waals surface area contributed by atoms with Crippen LogP contribution in [0, 0.1) is 0 Å². The van der Waals surface area contributed by atoms with E-state index < -0.39 is 12.2 Å². The van der Waals surface area contributed by atoms with Crippen LogP contribution in [-0.2, 0) is 4.74 Å². The molecule has 3 nitrogen and oxygen atoms in total. The monoisotopic (exact) mass is 244 g/mol. The van der Waals surface area contributed by atoms with Gasteiger partial charge in [0.1, 0.15) is 16.3 Å². The Balaban J connectivity index is 2.54. The highest BCUT2D eigenvalue weighted by Gasteiger charge is 2.38. The van der Waals surface area contributed by atoms with Crippen molar-refractivity contribution in [2.24, 2.45) is 0 Å². The number of halogens is 1. The zero-order valence-electron chi connectivity index (χ0n) is 4.99. The molecule has 1 fully saturated rings. The molecule has 0 radical (unpaired) electrons. The average molecular weight is 244 g/mol. The lowest BCUT2D eigenvalue weighted by Gasteiger charge is -2.07. The molecule has 4 heteroatoms. The zero-order valence-corrected chi connectivity index (χ0v) is 7.15. The summed E-state index contributed by atoms with van der Waals surface area (Å²) in [6.07, 6.45) is -1.67. The van der Waals surface area contributed by atoms with E-state index in [2.05, 4.69) is 0 Å². The van der Waals surface area contributed by atoms with E-state index in [1.54, 1.807) is 6.92 Å². The molecular formula is C5H9IO3. The maximum atomic E-state index is 9.06. The van der Waals surface area contributed by atoms with Crippen molar-refractivity contribution < 1.29 is 14.9 Å². The lowest BCUT2D eigenvalue weighted by atomic mass is 10.2. The number of hydrogen-bond acceptors (Lipinski definition) is 3. The molecule has 4 unspecified atom stereocenters. The van der Waals surface area contributed by atoms with Crippen molar-refractivity contribution >= 4 is 22.6 Å². The summed E-state index contributed by atoms with van der Waals surface area (Å²) in [4.78, 5) is 0. The van der Waals surface area contributed by atoms with Crippen LogP contribution in [0.2, 0.25) is 0 Å². The van der Waals surface area contributed by atoms with E-state index in [4.69, 9.17) is 14.9 Å². The first kappa shape index (κ1) is 7.71. The summed E-state index contributed by atoms with van der Waals surface area (Å²) in [5, 5.41) is 18.1. The highest BCUT2D eigenvalue weighted by Crippen LogP contribution is 2.24. The minimum absolute atomic E-state index is 0.234. The molecule has 0 bridgehead atoms. The molecule has 0 aromatic heterocycles. The standard InChI is InChI=1S/C5H9IO3/c1-2-3(7)4(8)5(6)9-2/h2-5,7-8H,1H3. The summed E-state index contributed by atoms with van der Waals surface area (Å²) >= 11 is 1.96. The molecule has 0 aromatic rings. The molecule has 0 aliphatic carbocycles. The largest absolute Gasteiger partial charge is 0.388 e. The molecule has 1 heterocycles. The predicted octanol–water partition coefficient (Wildman–Crippen LogP) is -0.112. The van der Waals surface area contributed by atoms with Gasteiger partial charge in [-0.15, -0.1) is 0 Å². The van der Waals surface area contributed by atoms with E-state index in [1.165, 1.54) is 0 Å². The van der Waals surface area contributed by atoms with Gasteiger partial charge in [-0.05, 0) is 29.5 Å². The van der Waals surface area contributed by atoms with Crippen LogP contribution in [0.1, 0.15) is 6.92 Å². The van der Waals surface area contributed by atoms with E-state index >= 15 is 0 Å². The van der Waals surface area contributed by atoms with Gasteiger partial charge in [-0.1, -0.05) is 0 Å². The second-order valence-corrected chi connectivity index (χ2v) is 3.40. The quantitative estimate of drug-likeness (QED) is 0.461. The van der Waals surface area contributed by atoms with Gasteiger partial charge in [0.2, 0.25) is 0 Å². The molecule has 2 N–H and O–H groups in total. The minimum atomic E-state index is -0.722. The van der Waals surface area contributed by atoms with E-state index in [0.29, 0.717) is 0 Å². The Kier molecular flexibility index (Phi) is 2.31. The van der Waals surface area contributed by atoms with Crippen molar-refractivity contribution in [2.75, 3.05) is 0 Å². The fraction of sp³-hybridized carbons (Fsp3) is 1.00. The third kappa shape index (κ3) is 1.36. The molecule has 4 atom stereocenters. The normalized spacial score (nSPS) is 52.0. The summed E-state index contributed by atoms with van der Waals surface area (Å²) in [7, 11) is 0. The van der Waals surface area contributed by atoms with Gasteiger partial charge < -0.3 is 14.9 Å². The Morgan fingerprint density at radius 1 is 1.33 bits per heavy atom. The van der Waals surface area contributed by atoms with Crippen LogP contribution < -0.4 is 0 Å². The SMILES string of the molecule is CC1OC(I)C(O)C1O. The summed E-state index contributed by atoms with van der Waals surface area (Å²) < 4.78 is 4.82. The van der Waals surface area contributed by atoms with Crippen molar-refractivity contribution in [3.63, 3.8) is 0 Å². The van der Waals surface area contributed by atoms with Gasteiger partial charge in [0.15, 0.2) is 0 Å². The van der Waals surface area contributed by atoms with Crippen LogP contribution in [0.3, 0.4) is 0 Å². The average Bonchev–Trinajstić information content (AvgIpc) is 1.98. The van der Waals surface area contributed by atoms with Gasteiger partial charge in [0.05, 0.1) is 6.10 Å². The summed E-state index contributed by atoms with van der Waals surface area (Å²) in [5.74, 6) is 0. The number of rotatable bonds is 0. The maximum absolute atomic E-state index is 9.06. The van der Waals surface area contributed by atoms with Crippen molar-refractivity contribution in [1.82, 2.24) is 0 Å². The van der Waals surface area contributed by atoms with Gasteiger partial charge in [0.25, 0.3) is 0 Å². The molecule has 1 rings (SSSR count). The van der Waals surface area contributed by atoms with Gasteiger partial charge in [-0.3, -0.25) is 0 Å². The summed E-state index contributed by atoms with van der Waals surface area (Å²) in [6, 6.07) is 0. The van der Waals surface area contributed by atoms with Crippen LogP contribution in [0.5, 0.6) is 0 Å². The summed E-state index contributed by atoms with van der Waals surface area (Å²) in [5.41, 5.74) is 0. The smallest absolute Gasteiger partial charge is 0.137 e. The molecule has 1 aliphatic rings. The highest BCUT2D eigenvalue weighted by molar-refractivity contribution is 14.1. The number of aliphatic hydroxyl groups excluding tert-OH is 2. The molecule has 0 saturated carbocycles. The molecule has 1 aliphatic heterocycles. The fourth-order valence-corrected chi connectivity index (χ4v) is 1.69. The summed E-state index contributed by atoms with van der Waals surface area (Å²) in [6.45, 7) is 1.74. The van der Waals surface area contributed by atoms with E-state index in [1.807, 2.05) is 22.6 Å². The second kappa shape index (κ2) is 2.69. The lowest BCUT2D eigenvalue weighted by molar-refractivity contribution is 0.0318.